The van der Waals surface area contributed by atoms with Crippen molar-refractivity contribution < 1.29 is 14.3 Å². The minimum absolute atomic E-state index is 0.201. The number of carbonyl (C=O) groups excluding carboxylic acids is 1. The fourth-order valence-corrected chi connectivity index (χ4v) is 1.74. The zero-order chi connectivity index (χ0) is 15.4. The first-order valence-corrected chi connectivity index (χ1v) is 6.59. The number of rotatable bonds is 5. The van der Waals surface area contributed by atoms with E-state index >= 15 is 0 Å². The van der Waals surface area contributed by atoms with Gasteiger partial charge in [0.05, 0.1) is 18.0 Å². The molecule has 1 amide bonds. The maximum Gasteiger partial charge on any atom is 0.275 e. The van der Waals surface area contributed by atoms with Gasteiger partial charge in [0.1, 0.15) is 5.82 Å². The third-order valence-electron chi connectivity index (χ3n) is 3.00. The highest BCUT2D eigenvalue weighted by Crippen LogP contribution is 2.08. The van der Waals surface area contributed by atoms with Crippen molar-refractivity contribution in [2.45, 2.75) is 19.4 Å². The standard InChI is InChI=1S/C14H17FN4O2/c1-10(20)7-8-18(2)14(21)13-9-16-19(17-13)12-5-3-11(15)4-6-12/h3-6,9-10,20H,7-8H2,1-2H3. The summed E-state index contributed by atoms with van der Waals surface area (Å²) in [5, 5.41) is 17.3. The normalized spacial score (nSPS) is 12.2. The number of aliphatic hydroxyl groups excluding tert-OH is 1. The largest absolute Gasteiger partial charge is 0.393 e. The van der Waals surface area contributed by atoms with E-state index in [-0.39, 0.29) is 17.4 Å². The fraction of sp³-hybridized carbons (Fsp3) is 0.357. The van der Waals surface area contributed by atoms with Gasteiger partial charge in [-0.1, -0.05) is 0 Å². The first-order chi connectivity index (χ1) is 9.97. The summed E-state index contributed by atoms with van der Waals surface area (Å²) in [6, 6.07) is 5.66. The number of aliphatic hydroxyl groups is 1. The molecule has 0 saturated carbocycles. The van der Waals surface area contributed by atoms with Gasteiger partial charge >= 0.3 is 0 Å². The van der Waals surface area contributed by atoms with Crippen molar-refractivity contribution in [1.29, 1.82) is 0 Å². The Bertz CT molecular complexity index is 610. The van der Waals surface area contributed by atoms with Gasteiger partial charge in [-0.2, -0.15) is 9.90 Å². The van der Waals surface area contributed by atoms with Crippen LogP contribution < -0.4 is 0 Å². The number of halogens is 1. The highest BCUT2D eigenvalue weighted by atomic mass is 19.1. The second kappa shape index (κ2) is 6.45. The quantitative estimate of drug-likeness (QED) is 0.900. The van der Waals surface area contributed by atoms with Gasteiger partial charge in [0, 0.05) is 13.6 Å². The van der Waals surface area contributed by atoms with Crippen LogP contribution in [0.25, 0.3) is 5.69 Å². The Morgan fingerprint density at radius 3 is 2.71 bits per heavy atom. The van der Waals surface area contributed by atoms with E-state index in [4.69, 9.17) is 0 Å². The predicted molar refractivity (Wildman–Crippen MR) is 74.6 cm³/mol. The molecule has 1 atom stereocenters. The van der Waals surface area contributed by atoms with E-state index in [0.29, 0.717) is 18.7 Å². The average Bonchev–Trinajstić information content (AvgIpc) is 2.94. The van der Waals surface area contributed by atoms with Gasteiger partial charge < -0.3 is 10.0 Å². The Balaban J connectivity index is 2.08. The highest BCUT2D eigenvalue weighted by Gasteiger charge is 2.16. The summed E-state index contributed by atoms with van der Waals surface area (Å²) in [6.07, 6.45) is 1.40. The molecular formula is C14H17FN4O2. The topological polar surface area (TPSA) is 71.2 Å². The molecule has 0 radical (unpaired) electrons. The Morgan fingerprint density at radius 2 is 2.10 bits per heavy atom. The number of carbonyl (C=O) groups is 1. The second-order valence-corrected chi connectivity index (χ2v) is 4.86. The van der Waals surface area contributed by atoms with E-state index in [0.717, 1.165) is 0 Å². The SMILES string of the molecule is CC(O)CCN(C)C(=O)c1cnn(-c2ccc(F)cc2)n1. The van der Waals surface area contributed by atoms with Gasteiger partial charge in [-0.3, -0.25) is 4.79 Å². The van der Waals surface area contributed by atoms with Crippen LogP contribution in [0, 0.1) is 5.82 Å². The van der Waals surface area contributed by atoms with Gasteiger partial charge in [-0.25, -0.2) is 4.39 Å². The van der Waals surface area contributed by atoms with Crippen LogP contribution in [0.1, 0.15) is 23.8 Å². The number of benzene rings is 1. The van der Waals surface area contributed by atoms with E-state index in [2.05, 4.69) is 10.2 Å². The van der Waals surface area contributed by atoms with Crippen molar-refractivity contribution >= 4 is 5.91 Å². The zero-order valence-electron chi connectivity index (χ0n) is 11.9. The maximum absolute atomic E-state index is 12.9. The first-order valence-electron chi connectivity index (χ1n) is 6.59. The minimum atomic E-state index is -0.463. The van der Waals surface area contributed by atoms with Crippen LogP contribution in [0.5, 0.6) is 0 Å². The number of hydrogen-bond acceptors (Lipinski definition) is 4. The van der Waals surface area contributed by atoms with Gasteiger partial charge in [0.25, 0.3) is 5.91 Å². The molecule has 112 valence electrons. The Kier molecular flexibility index (Phi) is 4.64. The first kappa shape index (κ1) is 15.1. The number of nitrogens with zero attached hydrogens (tertiary/aromatic N) is 4. The summed E-state index contributed by atoms with van der Waals surface area (Å²) in [6.45, 7) is 2.10. The van der Waals surface area contributed by atoms with E-state index < -0.39 is 6.10 Å². The van der Waals surface area contributed by atoms with E-state index in [9.17, 15) is 14.3 Å². The lowest BCUT2D eigenvalue weighted by Gasteiger charge is -2.16. The molecule has 1 aromatic carbocycles. The number of aromatic nitrogens is 3. The van der Waals surface area contributed by atoms with Crippen LogP contribution in [0.2, 0.25) is 0 Å². The molecule has 21 heavy (non-hydrogen) atoms. The Morgan fingerprint density at radius 1 is 1.43 bits per heavy atom. The van der Waals surface area contributed by atoms with Crippen molar-refractivity contribution in [1.82, 2.24) is 19.9 Å². The average molecular weight is 292 g/mol. The molecule has 1 aromatic heterocycles. The molecule has 0 aliphatic rings. The summed E-state index contributed by atoms with van der Waals surface area (Å²) in [4.78, 5) is 14.9. The van der Waals surface area contributed by atoms with Crippen molar-refractivity contribution in [2.75, 3.05) is 13.6 Å². The Hall–Kier alpha value is -2.28. The molecule has 7 heteroatoms. The lowest BCUT2D eigenvalue weighted by Crippen LogP contribution is -2.29. The molecule has 0 bridgehead atoms. The van der Waals surface area contributed by atoms with Crippen LogP contribution in [0.15, 0.2) is 30.5 Å². The summed E-state index contributed by atoms with van der Waals surface area (Å²) in [7, 11) is 1.64. The third kappa shape index (κ3) is 3.85. The molecule has 2 aromatic rings. The molecule has 0 aliphatic carbocycles. The van der Waals surface area contributed by atoms with Crippen molar-refractivity contribution in [2.24, 2.45) is 0 Å². The van der Waals surface area contributed by atoms with Gasteiger partial charge in [0.15, 0.2) is 5.69 Å². The van der Waals surface area contributed by atoms with E-state index in [1.54, 1.807) is 14.0 Å². The molecule has 1 N–H and O–H groups in total. The maximum atomic E-state index is 12.9. The highest BCUT2D eigenvalue weighted by molar-refractivity contribution is 5.91. The van der Waals surface area contributed by atoms with Crippen LogP contribution in [-0.4, -0.2) is 50.6 Å². The Labute approximate surface area is 121 Å². The fourth-order valence-electron chi connectivity index (χ4n) is 1.74. The monoisotopic (exact) mass is 292 g/mol. The van der Waals surface area contributed by atoms with Crippen LogP contribution in [-0.2, 0) is 0 Å². The zero-order valence-corrected chi connectivity index (χ0v) is 11.9. The van der Waals surface area contributed by atoms with E-state index in [1.165, 1.54) is 40.2 Å². The molecule has 0 saturated heterocycles. The van der Waals surface area contributed by atoms with Crippen LogP contribution >= 0.6 is 0 Å². The van der Waals surface area contributed by atoms with Gasteiger partial charge in [-0.15, -0.1) is 5.10 Å². The van der Waals surface area contributed by atoms with E-state index in [1.807, 2.05) is 0 Å². The lowest BCUT2D eigenvalue weighted by molar-refractivity contribution is 0.0762. The summed E-state index contributed by atoms with van der Waals surface area (Å²) < 4.78 is 12.9. The molecule has 0 aliphatic heterocycles. The predicted octanol–water partition coefficient (Wildman–Crippen LogP) is 1.25. The molecule has 1 heterocycles. The van der Waals surface area contributed by atoms with Crippen LogP contribution in [0.4, 0.5) is 4.39 Å². The van der Waals surface area contributed by atoms with Crippen molar-refractivity contribution in [3.63, 3.8) is 0 Å². The summed E-state index contributed by atoms with van der Waals surface area (Å²) in [5.74, 6) is -0.621. The number of amides is 1. The minimum Gasteiger partial charge on any atom is -0.393 e. The third-order valence-corrected chi connectivity index (χ3v) is 3.00. The molecule has 0 fully saturated rings. The van der Waals surface area contributed by atoms with Crippen LogP contribution in [0.3, 0.4) is 0 Å². The molecule has 6 nitrogen and oxygen atoms in total. The van der Waals surface area contributed by atoms with Gasteiger partial charge in [-0.05, 0) is 37.6 Å². The van der Waals surface area contributed by atoms with Crippen molar-refractivity contribution in [3.8, 4) is 5.69 Å². The molecule has 2 rings (SSSR count). The summed E-state index contributed by atoms with van der Waals surface area (Å²) in [5.41, 5.74) is 0.773. The van der Waals surface area contributed by atoms with Crippen molar-refractivity contribution in [3.05, 3.63) is 42.0 Å². The van der Waals surface area contributed by atoms with Gasteiger partial charge in [0.2, 0.25) is 0 Å². The molecule has 1 unspecified atom stereocenters. The summed E-state index contributed by atoms with van der Waals surface area (Å²) >= 11 is 0. The number of hydrogen-bond donors (Lipinski definition) is 1. The molecular weight excluding hydrogens is 275 g/mol. The lowest BCUT2D eigenvalue weighted by atomic mass is 10.2. The molecule has 0 spiro atoms. The second-order valence-electron chi connectivity index (χ2n) is 4.86. The smallest absolute Gasteiger partial charge is 0.275 e.